The van der Waals surface area contributed by atoms with E-state index < -0.39 is 11.6 Å². The summed E-state index contributed by atoms with van der Waals surface area (Å²) >= 11 is 0. The molecule has 0 aromatic carbocycles. The van der Waals surface area contributed by atoms with Crippen molar-refractivity contribution < 1.29 is 14.6 Å². The van der Waals surface area contributed by atoms with E-state index in [1.165, 1.54) is 12.8 Å². The van der Waals surface area contributed by atoms with E-state index in [1.54, 1.807) is 0 Å². The van der Waals surface area contributed by atoms with Gasteiger partial charge in [-0.2, -0.15) is 0 Å². The summed E-state index contributed by atoms with van der Waals surface area (Å²) in [6.45, 7) is 4.34. The molecule has 1 saturated carbocycles. The Labute approximate surface area is 90.2 Å². The molecule has 4 nitrogen and oxygen atoms in total. The van der Waals surface area contributed by atoms with Gasteiger partial charge in [0.2, 0.25) is 0 Å². The van der Waals surface area contributed by atoms with Crippen LogP contribution in [0.5, 0.6) is 0 Å². The maximum absolute atomic E-state index is 10.8. The minimum absolute atomic E-state index is 0.143. The van der Waals surface area contributed by atoms with Gasteiger partial charge in [0.1, 0.15) is 0 Å². The Hall–Kier alpha value is -0.610. The Bertz CT molecular complexity index is 252. The van der Waals surface area contributed by atoms with Gasteiger partial charge in [-0.3, -0.25) is 9.69 Å². The lowest BCUT2D eigenvalue weighted by atomic mass is 9.98. The first-order valence-electron chi connectivity index (χ1n) is 5.75. The lowest BCUT2D eigenvalue weighted by molar-refractivity contribution is -0.144. The lowest BCUT2D eigenvalue weighted by Gasteiger charge is -2.27. The number of carbonyl (C=O) groups is 1. The minimum atomic E-state index is -0.749. The van der Waals surface area contributed by atoms with Gasteiger partial charge in [0.05, 0.1) is 12.0 Å². The van der Waals surface area contributed by atoms with Crippen LogP contribution in [-0.2, 0) is 9.53 Å². The van der Waals surface area contributed by atoms with Gasteiger partial charge in [-0.25, -0.2) is 0 Å². The minimum Gasteiger partial charge on any atom is -0.481 e. The van der Waals surface area contributed by atoms with Crippen LogP contribution in [0.4, 0.5) is 0 Å². The zero-order valence-electron chi connectivity index (χ0n) is 9.24. The highest BCUT2D eigenvalue weighted by molar-refractivity contribution is 5.68. The summed E-state index contributed by atoms with van der Waals surface area (Å²) in [5.41, 5.74) is -0.414. The summed E-state index contributed by atoms with van der Waals surface area (Å²) in [4.78, 5) is 13.2. The molecule has 0 amide bonds. The first-order valence-corrected chi connectivity index (χ1v) is 5.75. The van der Waals surface area contributed by atoms with Crippen molar-refractivity contribution in [2.45, 2.75) is 44.2 Å². The van der Waals surface area contributed by atoms with Crippen LogP contribution in [0.15, 0.2) is 0 Å². The third-order valence-corrected chi connectivity index (χ3v) is 3.33. The first kappa shape index (κ1) is 10.9. The number of carboxylic acid groups (broad SMARTS) is 1. The van der Waals surface area contributed by atoms with Crippen LogP contribution in [0.25, 0.3) is 0 Å². The Morgan fingerprint density at radius 1 is 1.60 bits per heavy atom. The van der Waals surface area contributed by atoms with Gasteiger partial charge in [0.25, 0.3) is 0 Å². The molecule has 1 heterocycles. The van der Waals surface area contributed by atoms with Gasteiger partial charge >= 0.3 is 5.97 Å². The van der Waals surface area contributed by atoms with Crippen LogP contribution < -0.4 is 0 Å². The van der Waals surface area contributed by atoms with Crippen molar-refractivity contribution in [3.63, 3.8) is 0 Å². The molecular weight excluding hydrogens is 194 g/mol. The van der Waals surface area contributed by atoms with E-state index >= 15 is 0 Å². The molecule has 0 radical (unpaired) electrons. The molecule has 2 fully saturated rings. The third kappa shape index (κ3) is 2.49. The molecule has 0 aromatic heterocycles. The molecule has 4 heteroatoms. The fourth-order valence-corrected chi connectivity index (χ4v) is 2.52. The Kier molecular flexibility index (Phi) is 2.98. The van der Waals surface area contributed by atoms with E-state index in [4.69, 9.17) is 9.84 Å². The summed E-state index contributed by atoms with van der Waals surface area (Å²) in [5.74, 6) is -0.749. The van der Waals surface area contributed by atoms with Gasteiger partial charge in [-0.1, -0.05) is 0 Å². The van der Waals surface area contributed by atoms with Gasteiger partial charge in [0.15, 0.2) is 0 Å². The number of hydrogen-bond donors (Lipinski definition) is 1. The lowest BCUT2D eigenvalue weighted by Crippen LogP contribution is -2.39. The molecule has 15 heavy (non-hydrogen) atoms. The van der Waals surface area contributed by atoms with E-state index in [0.29, 0.717) is 12.6 Å². The average Bonchev–Trinajstić information content (AvgIpc) is 2.90. The SMILES string of the molecule is CCOC1(CC(=O)O)CCN(C2CC2)C1. The molecule has 2 rings (SSSR count). The molecule has 1 unspecified atom stereocenters. The molecule has 1 atom stereocenters. The molecule has 1 aliphatic carbocycles. The maximum Gasteiger partial charge on any atom is 0.306 e. The standard InChI is InChI=1S/C11H19NO3/c1-2-15-11(7-10(13)14)5-6-12(8-11)9-3-4-9/h9H,2-8H2,1H3,(H,13,14). The van der Waals surface area contributed by atoms with Gasteiger partial charge in [-0.05, 0) is 26.2 Å². The highest BCUT2D eigenvalue weighted by Gasteiger charge is 2.44. The fraction of sp³-hybridized carbons (Fsp3) is 0.909. The summed E-state index contributed by atoms with van der Waals surface area (Å²) in [5, 5.41) is 8.91. The Morgan fingerprint density at radius 2 is 2.33 bits per heavy atom. The average molecular weight is 213 g/mol. The second-order valence-electron chi connectivity index (χ2n) is 4.64. The van der Waals surface area contributed by atoms with Crippen molar-refractivity contribution in [2.75, 3.05) is 19.7 Å². The number of hydrogen-bond acceptors (Lipinski definition) is 3. The fourth-order valence-electron chi connectivity index (χ4n) is 2.52. The van der Waals surface area contributed by atoms with Crippen molar-refractivity contribution in [1.82, 2.24) is 4.90 Å². The number of carboxylic acids is 1. The van der Waals surface area contributed by atoms with Crippen LogP contribution in [0, 0.1) is 0 Å². The van der Waals surface area contributed by atoms with E-state index in [2.05, 4.69) is 4.90 Å². The molecule has 0 spiro atoms. The van der Waals surface area contributed by atoms with E-state index in [1.807, 2.05) is 6.92 Å². The quantitative estimate of drug-likeness (QED) is 0.743. The highest BCUT2D eigenvalue weighted by atomic mass is 16.5. The van der Waals surface area contributed by atoms with Crippen molar-refractivity contribution in [2.24, 2.45) is 0 Å². The molecule has 0 bridgehead atoms. The summed E-state index contributed by atoms with van der Waals surface area (Å²) in [6, 6.07) is 0.709. The zero-order chi connectivity index (χ0) is 10.9. The van der Waals surface area contributed by atoms with Crippen LogP contribution in [-0.4, -0.2) is 47.3 Å². The van der Waals surface area contributed by atoms with E-state index in [0.717, 1.165) is 19.5 Å². The van der Waals surface area contributed by atoms with Crippen molar-refractivity contribution in [3.8, 4) is 0 Å². The Morgan fingerprint density at radius 3 is 2.87 bits per heavy atom. The number of nitrogens with zero attached hydrogens (tertiary/aromatic N) is 1. The van der Waals surface area contributed by atoms with Crippen LogP contribution in [0.2, 0.25) is 0 Å². The number of ether oxygens (including phenoxy) is 1. The monoisotopic (exact) mass is 213 g/mol. The third-order valence-electron chi connectivity index (χ3n) is 3.33. The highest BCUT2D eigenvalue weighted by Crippen LogP contribution is 2.36. The van der Waals surface area contributed by atoms with Gasteiger partial charge < -0.3 is 9.84 Å². The predicted octanol–water partition coefficient (Wildman–Crippen LogP) is 1.10. The number of rotatable bonds is 5. The molecule has 1 N–H and O–H groups in total. The normalized spacial score (nSPS) is 32.1. The number of likely N-dealkylation sites (tertiary alicyclic amines) is 1. The summed E-state index contributed by atoms with van der Waals surface area (Å²) in [7, 11) is 0. The maximum atomic E-state index is 10.8. The molecule has 86 valence electrons. The molecule has 0 aromatic rings. The smallest absolute Gasteiger partial charge is 0.306 e. The van der Waals surface area contributed by atoms with Crippen LogP contribution in [0.3, 0.4) is 0 Å². The predicted molar refractivity (Wildman–Crippen MR) is 55.8 cm³/mol. The van der Waals surface area contributed by atoms with Crippen molar-refractivity contribution in [1.29, 1.82) is 0 Å². The topological polar surface area (TPSA) is 49.8 Å². The summed E-state index contributed by atoms with van der Waals surface area (Å²) in [6.07, 6.45) is 3.55. The number of aliphatic carboxylic acids is 1. The largest absolute Gasteiger partial charge is 0.481 e. The van der Waals surface area contributed by atoms with Crippen LogP contribution >= 0.6 is 0 Å². The van der Waals surface area contributed by atoms with Crippen molar-refractivity contribution in [3.05, 3.63) is 0 Å². The van der Waals surface area contributed by atoms with Crippen LogP contribution in [0.1, 0.15) is 32.6 Å². The second kappa shape index (κ2) is 4.10. The van der Waals surface area contributed by atoms with E-state index in [9.17, 15) is 4.79 Å². The van der Waals surface area contributed by atoms with Crippen molar-refractivity contribution >= 4 is 5.97 Å². The Balaban J connectivity index is 1.97. The summed E-state index contributed by atoms with van der Waals surface area (Å²) < 4.78 is 5.69. The molecule has 1 saturated heterocycles. The molecule has 2 aliphatic rings. The second-order valence-corrected chi connectivity index (χ2v) is 4.64. The van der Waals surface area contributed by atoms with Gasteiger partial charge in [0, 0.05) is 25.7 Å². The molecular formula is C11H19NO3. The van der Waals surface area contributed by atoms with Gasteiger partial charge in [-0.15, -0.1) is 0 Å². The van der Waals surface area contributed by atoms with E-state index in [-0.39, 0.29) is 6.42 Å². The zero-order valence-corrected chi connectivity index (χ0v) is 9.24. The molecule has 1 aliphatic heterocycles. The first-order chi connectivity index (χ1) is 7.15.